The van der Waals surface area contributed by atoms with Crippen molar-refractivity contribution in [1.29, 1.82) is 5.26 Å². The number of rotatable bonds is 5. The molecule has 2 heterocycles. The maximum absolute atomic E-state index is 12.9. The number of nitriles is 1. The number of allylic oxidation sites excluding steroid dienone is 1. The Morgan fingerprint density at radius 3 is 2.96 bits per heavy atom. The molecule has 1 aliphatic rings. The van der Waals surface area contributed by atoms with E-state index in [-0.39, 0.29) is 12.6 Å². The summed E-state index contributed by atoms with van der Waals surface area (Å²) in [5, 5.41) is 11.5. The Balaban J connectivity index is 1.77. The Bertz CT molecular complexity index is 1060. The Morgan fingerprint density at radius 1 is 1.26 bits per heavy atom. The van der Waals surface area contributed by atoms with Crippen molar-refractivity contribution in [3.8, 4) is 6.07 Å². The standard InChI is InChI=1S/C22H18N2O2S/c23-11-3-4-12-26-22(25)20-17-7-1-2-8-19(17)24-21-15(9-10-18(20)21)14-16-6-5-13-27-16/h1-2,5-8,13-14H,3-4,9-10,12H2/b15-14+. The molecule has 3 aromatic rings. The summed E-state index contributed by atoms with van der Waals surface area (Å²) in [6.45, 7) is 0.260. The number of esters is 1. The van der Waals surface area contributed by atoms with Gasteiger partial charge in [-0.3, -0.25) is 0 Å². The fourth-order valence-electron chi connectivity index (χ4n) is 3.45. The van der Waals surface area contributed by atoms with Crippen molar-refractivity contribution in [2.24, 2.45) is 0 Å². The summed E-state index contributed by atoms with van der Waals surface area (Å²) in [5.74, 6) is -0.319. The van der Waals surface area contributed by atoms with Crippen molar-refractivity contribution in [2.75, 3.05) is 6.61 Å². The van der Waals surface area contributed by atoms with Crippen LogP contribution < -0.4 is 0 Å². The lowest BCUT2D eigenvalue weighted by molar-refractivity contribution is 0.0503. The average molecular weight is 374 g/mol. The second kappa shape index (κ2) is 7.73. The molecule has 2 aromatic heterocycles. The zero-order chi connectivity index (χ0) is 18.6. The fourth-order valence-corrected chi connectivity index (χ4v) is 4.13. The second-order valence-corrected chi connectivity index (χ2v) is 7.39. The van der Waals surface area contributed by atoms with Crippen LogP contribution in [-0.2, 0) is 11.2 Å². The third kappa shape index (κ3) is 3.49. The van der Waals surface area contributed by atoms with Crippen LogP contribution in [0.4, 0.5) is 0 Å². The van der Waals surface area contributed by atoms with Crippen molar-refractivity contribution in [3.05, 3.63) is 63.5 Å². The third-order valence-corrected chi connectivity index (χ3v) is 5.49. The van der Waals surface area contributed by atoms with Gasteiger partial charge in [-0.2, -0.15) is 5.26 Å². The van der Waals surface area contributed by atoms with E-state index in [1.54, 1.807) is 11.3 Å². The summed E-state index contributed by atoms with van der Waals surface area (Å²) in [6.07, 6.45) is 4.76. The van der Waals surface area contributed by atoms with Crippen LogP contribution in [0.25, 0.3) is 22.6 Å². The van der Waals surface area contributed by atoms with Crippen LogP contribution in [-0.4, -0.2) is 17.6 Å². The third-order valence-electron chi connectivity index (χ3n) is 4.67. The summed E-state index contributed by atoms with van der Waals surface area (Å²) in [7, 11) is 0. The van der Waals surface area contributed by atoms with Gasteiger partial charge in [0.05, 0.1) is 29.5 Å². The van der Waals surface area contributed by atoms with E-state index in [1.807, 2.05) is 30.3 Å². The van der Waals surface area contributed by atoms with Gasteiger partial charge in [0, 0.05) is 16.7 Å². The quantitative estimate of drug-likeness (QED) is 0.452. The van der Waals surface area contributed by atoms with Crippen LogP contribution in [0.3, 0.4) is 0 Å². The van der Waals surface area contributed by atoms with Gasteiger partial charge in [0.25, 0.3) is 0 Å². The minimum absolute atomic E-state index is 0.260. The topological polar surface area (TPSA) is 63.0 Å². The van der Waals surface area contributed by atoms with Crippen LogP contribution in [0, 0.1) is 11.3 Å². The second-order valence-electron chi connectivity index (χ2n) is 6.41. The molecule has 0 bridgehead atoms. The van der Waals surface area contributed by atoms with E-state index in [9.17, 15) is 4.79 Å². The van der Waals surface area contributed by atoms with Crippen LogP contribution in [0.2, 0.25) is 0 Å². The number of fused-ring (bicyclic) bond motifs is 2. The van der Waals surface area contributed by atoms with Gasteiger partial charge in [0.1, 0.15) is 0 Å². The fraction of sp³-hybridized carbons (Fsp3) is 0.227. The number of hydrogen-bond acceptors (Lipinski definition) is 5. The summed E-state index contributed by atoms with van der Waals surface area (Å²) < 4.78 is 5.47. The minimum atomic E-state index is -0.319. The lowest BCUT2D eigenvalue weighted by atomic mass is 10.0. The Morgan fingerprint density at radius 2 is 2.15 bits per heavy atom. The molecular weight excluding hydrogens is 356 g/mol. The van der Waals surface area contributed by atoms with Crippen molar-refractivity contribution < 1.29 is 9.53 Å². The first-order valence-electron chi connectivity index (χ1n) is 8.98. The van der Waals surface area contributed by atoms with Gasteiger partial charge in [-0.25, -0.2) is 9.78 Å². The molecule has 1 aliphatic carbocycles. The number of carbonyl (C=O) groups is 1. The molecule has 0 atom stereocenters. The number of aromatic nitrogens is 1. The van der Waals surface area contributed by atoms with Gasteiger partial charge >= 0.3 is 5.97 Å². The number of thiophene rings is 1. The molecule has 0 unspecified atom stereocenters. The van der Waals surface area contributed by atoms with E-state index in [1.165, 1.54) is 4.88 Å². The molecule has 0 aliphatic heterocycles. The van der Waals surface area contributed by atoms with Gasteiger partial charge in [0.2, 0.25) is 0 Å². The molecule has 0 spiro atoms. The lowest BCUT2D eigenvalue weighted by Gasteiger charge is -2.12. The van der Waals surface area contributed by atoms with Crippen molar-refractivity contribution in [3.63, 3.8) is 0 Å². The van der Waals surface area contributed by atoms with Crippen LogP contribution in [0.1, 0.15) is 45.8 Å². The van der Waals surface area contributed by atoms with Gasteiger partial charge in [-0.1, -0.05) is 24.3 Å². The summed E-state index contributed by atoms with van der Waals surface area (Å²) in [6, 6.07) is 13.9. The lowest BCUT2D eigenvalue weighted by Crippen LogP contribution is -2.11. The molecule has 0 saturated heterocycles. The summed E-state index contributed by atoms with van der Waals surface area (Å²) in [4.78, 5) is 18.9. The highest BCUT2D eigenvalue weighted by atomic mass is 32.1. The normalized spacial score (nSPS) is 14.3. The van der Waals surface area contributed by atoms with Gasteiger partial charge < -0.3 is 4.74 Å². The number of unbranched alkanes of at least 4 members (excludes halogenated alkanes) is 1. The highest BCUT2D eigenvalue weighted by Gasteiger charge is 2.27. The van der Waals surface area contributed by atoms with Crippen molar-refractivity contribution >= 4 is 39.9 Å². The number of nitrogens with zero attached hydrogens (tertiary/aromatic N) is 2. The molecule has 0 radical (unpaired) electrons. The van der Waals surface area contributed by atoms with E-state index in [2.05, 4.69) is 23.6 Å². The highest BCUT2D eigenvalue weighted by Crippen LogP contribution is 2.38. The molecule has 0 amide bonds. The average Bonchev–Trinajstić information content (AvgIpc) is 3.34. The Kier molecular flexibility index (Phi) is 4.99. The smallest absolute Gasteiger partial charge is 0.339 e. The van der Waals surface area contributed by atoms with E-state index in [0.29, 0.717) is 18.4 Å². The maximum atomic E-state index is 12.9. The van der Waals surface area contributed by atoms with Gasteiger partial charge in [0.15, 0.2) is 0 Å². The number of ether oxygens (including phenoxy) is 1. The maximum Gasteiger partial charge on any atom is 0.339 e. The molecule has 0 N–H and O–H groups in total. The largest absolute Gasteiger partial charge is 0.462 e. The van der Waals surface area contributed by atoms with E-state index in [4.69, 9.17) is 15.0 Å². The van der Waals surface area contributed by atoms with Gasteiger partial charge in [-0.05, 0) is 54.0 Å². The first-order valence-corrected chi connectivity index (χ1v) is 9.86. The minimum Gasteiger partial charge on any atom is -0.462 e. The van der Waals surface area contributed by atoms with E-state index in [0.717, 1.165) is 40.6 Å². The number of hydrogen-bond donors (Lipinski definition) is 0. The zero-order valence-electron chi connectivity index (χ0n) is 14.8. The predicted molar refractivity (Wildman–Crippen MR) is 107 cm³/mol. The molecule has 5 heteroatoms. The van der Waals surface area contributed by atoms with E-state index < -0.39 is 0 Å². The predicted octanol–water partition coefficient (Wildman–Crippen LogP) is 5.24. The number of para-hydroxylation sites is 1. The van der Waals surface area contributed by atoms with Crippen LogP contribution in [0.15, 0.2) is 41.8 Å². The van der Waals surface area contributed by atoms with Crippen LogP contribution in [0.5, 0.6) is 0 Å². The highest BCUT2D eigenvalue weighted by molar-refractivity contribution is 7.10. The molecule has 4 rings (SSSR count). The molecule has 0 saturated carbocycles. The molecule has 0 fully saturated rings. The number of pyridine rings is 1. The summed E-state index contributed by atoms with van der Waals surface area (Å²) in [5.41, 5.74) is 4.48. The van der Waals surface area contributed by atoms with Gasteiger partial charge in [-0.15, -0.1) is 11.3 Å². The molecular formula is C22H18N2O2S. The Labute approximate surface area is 161 Å². The zero-order valence-corrected chi connectivity index (χ0v) is 15.6. The molecule has 134 valence electrons. The Hall–Kier alpha value is -2.97. The van der Waals surface area contributed by atoms with Crippen LogP contribution >= 0.6 is 11.3 Å². The molecule has 27 heavy (non-hydrogen) atoms. The summed E-state index contributed by atoms with van der Waals surface area (Å²) >= 11 is 1.69. The molecule has 4 nitrogen and oxygen atoms in total. The first kappa shape index (κ1) is 17.4. The van der Waals surface area contributed by atoms with Crippen molar-refractivity contribution in [1.82, 2.24) is 4.98 Å². The first-order chi connectivity index (χ1) is 13.3. The number of carbonyl (C=O) groups excluding carboxylic acids is 1. The number of benzene rings is 1. The van der Waals surface area contributed by atoms with E-state index >= 15 is 0 Å². The SMILES string of the molecule is N#CCCCOC(=O)c1c2c(nc3ccccc13)/C(=C/c1cccs1)CC2. The molecule has 1 aromatic carbocycles. The monoisotopic (exact) mass is 374 g/mol. The van der Waals surface area contributed by atoms with Crippen molar-refractivity contribution in [2.45, 2.75) is 25.7 Å².